The zero-order chi connectivity index (χ0) is 7.11. The van der Waals surface area contributed by atoms with Crippen molar-refractivity contribution in [1.82, 2.24) is 0 Å². The Morgan fingerprint density at radius 1 is 1.22 bits per heavy atom. The first-order chi connectivity index (χ1) is 4.31. The number of rotatable bonds is 5. The summed E-state index contributed by atoms with van der Waals surface area (Å²) in [6.07, 6.45) is 2.49. The van der Waals surface area contributed by atoms with Crippen molar-refractivity contribution in [3.8, 4) is 0 Å². The molecule has 0 aliphatic rings. The Kier molecular flexibility index (Phi) is 5.93. The molecule has 3 nitrogen and oxygen atoms in total. The van der Waals surface area contributed by atoms with E-state index in [0.29, 0.717) is 0 Å². The van der Waals surface area contributed by atoms with Crippen molar-refractivity contribution < 1.29 is 10.2 Å². The van der Waals surface area contributed by atoms with Crippen LogP contribution in [0.25, 0.3) is 0 Å². The Hall–Kier alpha value is -0.120. The lowest BCUT2D eigenvalue weighted by Crippen LogP contribution is -2.23. The molecule has 0 bridgehead atoms. The van der Waals surface area contributed by atoms with Gasteiger partial charge in [0.05, 0.1) is 6.61 Å². The van der Waals surface area contributed by atoms with Crippen molar-refractivity contribution in [2.24, 2.45) is 5.73 Å². The third-order valence-electron chi connectivity index (χ3n) is 1.22. The predicted molar refractivity (Wildman–Crippen MR) is 36.0 cm³/mol. The van der Waals surface area contributed by atoms with Crippen LogP contribution in [0, 0.1) is 0 Å². The van der Waals surface area contributed by atoms with Crippen molar-refractivity contribution in [3.05, 3.63) is 0 Å². The molecule has 56 valence electrons. The molecule has 0 saturated carbocycles. The molecule has 0 amide bonds. The van der Waals surface area contributed by atoms with Gasteiger partial charge in [0.15, 0.2) is 0 Å². The Labute approximate surface area is 55.5 Å². The summed E-state index contributed by atoms with van der Waals surface area (Å²) >= 11 is 0. The first kappa shape index (κ1) is 8.88. The molecule has 0 aromatic carbocycles. The molecule has 0 radical (unpaired) electrons. The van der Waals surface area contributed by atoms with E-state index in [0.717, 1.165) is 19.3 Å². The maximum atomic E-state index is 8.45. The van der Waals surface area contributed by atoms with Gasteiger partial charge in [-0.15, -0.1) is 0 Å². The summed E-state index contributed by atoms with van der Waals surface area (Å²) in [6.45, 7) is 0.267. The Morgan fingerprint density at radius 3 is 2.33 bits per heavy atom. The van der Waals surface area contributed by atoms with Crippen LogP contribution >= 0.6 is 0 Å². The van der Waals surface area contributed by atoms with Crippen LogP contribution in [-0.4, -0.2) is 29.5 Å². The number of nitrogens with two attached hydrogens (primary N) is 1. The Morgan fingerprint density at radius 2 is 1.89 bits per heavy atom. The highest BCUT2D eigenvalue weighted by molar-refractivity contribution is 4.57. The summed E-state index contributed by atoms with van der Waals surface area (Å²) in [6, 6.07) is -0.100. The summed E-state index contributed by atoms with van der Waals surface area (Å²) in [7, 11) is 0. The molecule has 0 rings (SSSR count). The van der Waals surface area contributed by atoms with Crippen LogP contribution in [-0.2, 0) is 0 Å². The fraction of sp³-hybridized carbons (Fsp3) is 1.00. The summed E-state index contributed by atoms with van der Waals surface area (Å²) in [4.78, 5) is 0. The van der Waals surface area contributed by atoms with Crippen LogP contribution in [0.2, 0.25) is 0 Å². The highest BCUT2D eigenvalue weighted by Gasteiger charge is 1.97. The molecule has 4 N–H and O–H groups in total. The number of aliphatic hydroxyl groups excluding tert-OH is 2. The smallest absolute Gasteiger partial charge is 0.0582 e. The lowest BCUT2D eigenvalue weighted by molar-refractivity contribution is 0.247. The van der Waals surface area contributed by atoms with Crippen LogP contribution in [0.1, 0.15) is 19.3 Å². The van der Waals surface area contributed by atoms with Gasteiger partial charge in [-0.3, -0.25) is 0 Å². The lowest BCUT2D eigenvalue weighted by Gasteiger charge is -2.05. The largest absolute Gasteiger partial charge is 0.396 e. The Balaban J connectivity index is 2.88. The first-order valence-corrected chi connectivity index (χ1v) is 3.28. The van der Waals surface area contributed by atoms with E-state index >= 15 is 0 Å². The van der Waals surface area contributed by atoms with E-state index in [1.807, 2.05) is 0 Å². The van der Waals surface area contributed by atoms with Gasteiger partial charge in [0.25, 0.3) is 0 Å². The van der Waals surface area contributed by atoms with Gasteiger partial charge < -0.3 is 15.9 Å². The number of aliphatic hydroxyl groups is 2. The second kappa shape index (κ2) is 6.01. The summed E-state index contributed by atoms with van der Waals surface area (Å²) in [5, 5.41) is 16.8. The predicted octanol–water partition coefficient (Wildman–Crippen LogP) is -0.531. The zero-order valence-corrected chi connectivity index (χ0v) is 5.58. The first-order valence-electron chi connectivity index (χ1n) is 3.28. The number of unbranched alkanes of at least 4 members (excludes halogenated alkanes) is 1. The SMILES string of the molecule is N[C@@H](CO)CCCCO. The van der Waals surface area contributed by atoms with Gasteiger partial charge in [0, 0.05) is 12.6 Å². The molecular formula is C6H15NO2. The average Bonchev–Trinajstić information content (AvgIpc) is 1.89. The normalized spacial score (nSPS) is 13.7. The second-order valence-corrected chi connectivity index (χ2v) is 2.16. The van der Waals surface area contributed by atoms with E-state index in [9.17, 15) is 0 Å². The molecule has 0 unspecified atom stereocenters. The maximum Gasteiger partial charge on any atom is 0.0582 e. The molecule has 0 spiro atoms. The third-order valence-corrected chi connectivity index (χ3v) is 1.22. The van der Waals surface area contributed by atoms with Crippen LogP contribution in [0.15, 0.2) is 0 Å². The molecular weight excluding hydrogens is 118 g/mol. The van der Waals surface area contributed by atoms with E-state index < -0.39 is 0 Å². The topological polar surface area (TPSA) is 66.5 Å². The van der Waals surface area contributed by atoms with Crippen LogP contribution in [0.5, 0.6) is 0 Å². The van der Waals surface area contributed by atoms with E-state index in [1.54, 1.807) is 0 Å². The molecule has 1 atom stereocenters. The van der Waals surface area contributed by atoms with Crippen molar-refractivity contribution in [2.45, 2.75) is 25.3 Å². The van der Waals surface area contributed by atoms with E-state index in [4.69, 9.17) is 15.9 Å². The van der Waals surface area contributed by atoms with Crippen molar-refractivity contribution in [2.75, 3.05) is 13.2 Å². The summed E-state index contributed by atoms with van der Waals surface area (Å²) < 4.78 is 0. The standard InChI is InChI=1S/C6H15NO2/c7-6(5-9)3-1-2-4-8/h6,8-9H,1-5,7H2/t6-/m1/s1. The molecule has 0 saturated heterocycles. The lowest BCUT2D eigenvalue weighted by atomic mass is 10.1. The molecule has 0 aliphatic carbocycles. The van der Waals surface area contributed by atoms with Crippen LogP contribution in [0.3, 0.4) is 0 Å². The molecule has 0 fully saturated rings. The maximum absolute atomic E-state index is 8.45. The van der Waals surface area contributed by atoms with Crippen molar-refractivity contribution in [3.63, 3.8) is 0 Å². The molecule has 0 aromatic heterocycles. The fourth-order valence-corrected chi connectivity index (χ4v) is 0.610. The molecule has 0 heterocycles. The minimum atomic E-state index is -0.100. The van der Waals surface area contributed by atoms with E-state index in [-0.39, 0.29) is 19.3 Å². The quantitative estimate of drug-likeness (QED) is 0.442. The third kappa shape index (κ3) is 5.76. The van der Waals surface area contributed by atoms with Gasteiger partial charge in [0.2, 0.25) is 0 Å². The van der Waals surface area contributed by atoms with Crippen molar-refractivity contribution >= 4 is 0 Å². The van der Waals surface area contributed by atoms with Gasteiger partial charge in [-0.25, -0.2) is 0 Å². The van der Waals surface area contributed by atoms with Crippen LogP contribution in [0.4, 0.5) is 0 Å². The fourth-order valence-electron chi connectivity index (χ4n) is 0.610. The summed E-state index contributed by atoms with van der Waals surface area (Å²) in [5.41, 5.74) is 5.38. The zero-order valence-electron chi connectivity index (χ0n) is 5.58. The molecule has 0 aliphatic heterocycles. The monoisotopic (exact) mass is 133 g/mol. The van der Waals surface area contributed by atoms with Crippen molar-refractivity contribution in [1.29, 1.82) is 0 Å². The summed E-state index contributed by atoms with van der Waals surface area (Å²) in [5.74, 6) is 0. The Bertz CT molecular complexity index is 59.0. The van der Waals surface area contributed by atoms with E-state index in [2.05, 4.69) is 0 Å². The highest BCUT2D eigenvalue weighted by Crippen LogP contribution is 1.96. The van der Waals surface area contributed by atoms with Gasteiger partial charge in [-0.2, -0.15) is 0 Å². The average molecular weight is 133 g/mol. The molecule has 0 aromatic rings. The van der Waals surface area contributed by atoms with Gasteiger partial charge in [-0.1, -0.05) is 0 Å². The van der Waals surface area contributed by atoms with Gasteiger partial charge in [-0.05, 0) is 19.3 Å². The molecule has 9 heavy (non-hydrogen) atoms. The van der Waals surface area contributed by atoms with Gasteiger partial charge >= 0.3 is 0 Å². The van der Waals surface area contributed by atoms with Crippen LogP contribution < -0.4 is 5.73 Å². The number of hydrogen-bond donors (Lipinski definition) is 3. The minimum absolute atomic E-state index is 0.0471. The number of hydrogen-bond acceptors (Lipinski definition) is 3. The highest BCUT2D eigenvalue weighted by atomic mass is 16.3. The second-order valence-electron chi connectivity index (χ2n) is 2.16. The van der Waals surface area contributed by atoms with E-state index in [1.165, 1.54) is 0 Å². The minimum Gasteiger partial charge on any atom is -0.396 e. The molecule has 3 heteroatoms. The van der Waals surface area contributed by atoms with Gasteiger partial charge in [0.1, 0.15) is 0 Å².